The number of nitrogens with zero attached hydrogens (tertiary/aromatic N) is 1. The van der Waals surface area contributed by atoms with Gasteiger partial charge in [0.15, 0.2) is 0 Å². The Bertz CT molecular complexity index is 154. The molecule has 3 heteroatoms. The smallest absolute Gasteiger partial charge is 0.113 e. The maximum absolute atomic E-state index is 5.30. The monoisotopic (exact) mass is 183 g/mol. The van der Waals surface area contributed by atoms with Crippen LogP contribution < -0.4 is 5.01 Å². The average Bonchev–Trinajstić information content (AvgIpc) is 2.19. The van der Waals surface area contributed by atoms with Crippen molar-refractivity contribution < 1.29 is 9.75 Å². The third kappa shape index (κ3) is 3.30. The fourth-order valence-electron chi connectivity index (χ4n) is 1.55. The molecule has 0 radical (unpaired) electrons. The molecule has 0 unspecified atom stereocenters. The van der Waals surface area contributed by atoms with Crippen molar-refractivity contribution in [1.29, 1.82) is 0 Å². The average molecular weight is 183 g/mol. The standard InChI is InChI=1S/C10H18N2O/c1-3-5-11(6-4-2)12-7-9-13-10-8-12/h3-4H,1-2,5-10H2/p+1. The van der Waals surface area contributed by atoms with Gasteiger partial charge in [-0.3, -0.25) is 0 Å². The Labute approximate surface area is 80.2 Å². The molecular weight excluding hydrogens is 164 g/mol. The summed E-state index contributed by atoms with van der Waals surface area (Å²) in [6, 6.07) is 0. The SMILES string of the molecule is C=CC[NH+](CC=C)N1CCOCC1. The second-order valence-corrected chi connectivity index (χ2v) is 3.15. The summed E-state index contributed by atoms with van der Waals surface area (Å²) in [4.78, 5) is 0. The first-order valence-electron chi connectivity index (χ1n) is 4.77. The van der Waals surface area contributed by atoms with Crippen LogP contribution in [-0.2, 0) is 4.74 Å². The molecule has 74 valence electrons. The van der Waals surface area contributed by atoms with Gasteiger partial charge in [0.1, 0.15) is 13.1 Å². The minimum absolute atomic E-state index is 0.845. The maximum atomic E-state index is 5.30. The molecule has 1 heterocycles. The Kier molecular flexibility index (Phi) is 4.75. The molecule has 1 N–H and O–H groups in total. The normalized spacial score (nSPS) is 18.8. The lowest BCUT2D eigenvalue weighted by Gasteiger charge is -2.32. The number of hydrogen-bond acceptors (Lipinski definition) is 2. The van der Waals surface area contributed by atoms with E-state index in [1.807, 2.05) is 12.2 Å². The minimum atomic E-state index is 0.845. The van der Waals surface area contributed by atoms with Gasteiger partial charge in [0.25, 0.3) is 0 Å². The molecule has 0 aromatic carbocycles. The number of hydrogen-bond donors (Lipinski definition) is 1. The topological polar surface area (TPSA) is 16.9 Å². The third-order valence-corrected chi connectivity index (χ3v) is 2.22. The van der Waals surface area contributed by atoms with Gasteiger partial charge in [-0.1, -0.05) is 13.2 Å². The summed E-state index contributed by atoms with van der Waals surface area (Å²) < 4.78 is 5.30. The van der Waals surface area contributed by atoms with Crippen molar-refractivity contribution in [3.63, 3.8) is 0 Å². The molecule has 1 fully saturated rings. The molecule has 1 aliphatic rings. The van der Waals surface area contributed by atoms with E-state index in [0.717, 1.165) is 39.4 Å². The van der Waals surface area contributed by atoms with Crippen LogP contribution in [-0.4, -0.2) is 44.4 Å². The van der Waals surface area contributed by atoms with E-state index in [-0.39, 0.29) is 0 Å². The van der Waals surface area contributed by atoms with E-state index < -0.39 is 0 Å². The van der Waals surface area contributed by atoms with Crippen LogP contribution in [0.25, 0.3) is 0 Å². The van der Waals surface area contributed by atoms with E-state index >= 15 is 0 Å². The molecule has 3 nitrogen and oxygen atoms in total. The largest absolute Gasteiger partial charge is 0.378 e. The molecule has 0 aliphatic carbocycles. The van der Waals surface area contributed by atoms with Gasteiger partial charge in [-0.15, -0.1) is 0 Å². The van der Waals surface area contributed by atoms with Crippen LogP contribution in [0.5, 0.6) is 0 Å². The van der Waals surface area contributed by atoms with Gasteiger partial charge >= 0.3 is 0 Å². The zero-order chi connectivity index (χ0) is 9.52. The first-order chi connectivity index (χ1) is 6.38. The van der Waals surface area contributed by atoms with Crippen LogP contribution in [0.3, 0.4) is 0 Å². The van der Waals surface area contributed by atoms with Crippen LogP contribution in [0.2, 0.25) is 0 Å². The molecular formula is C10H19N2O+. The predicted octanol–water partition coefficient (Wildman–Crippen LogP) is -0.509. The molecule has 13 heavy (non-hydrogen) atoms. The summed E-state index contributed by atoms with van der Waals surface area (Å²) in [6.45, 7) is 13.2. The van der Waals surface area contributed by atoms with Crippen molar-refractivity contribution in [3.05, 3.63) is 25.3 Å². The second kappa shape index (κ2) is 5.91. The first kappa shape index (κ1) is 10.4. The van der Waals surface area contributed by atoms with Gasteiger partial charge in [0.05, 0.1) is 26.3 Å². The number of quaternary nitrogens is 1. The summed E-state index contributed by atoms with van der Waals surface area (Å²) in [5.74, 6) is 0. The van der Waals surface area contributed by atoms with E-state index in [1.54, 1.807) is 0 Å². The summed E-state index contributed by atoms with van der Waals surface area (Å²) in [7, 11) is 0. The van der Waals surface area contributed by atoms with Crippen molar-refractivity contribution in [2.24, 2.45) is 0 Å². The number of nitrogens with one attached hydrogen (secondary N) is 1. The maximum Gasteiger partial charge on any atom is 0.113 e. The molecule has 1 saturated heterocycles. The summed E-state index contributed by atoms with van der Waals surface area (Å²) in [6.07, 6.45) is 3.91. The molecule has 1 rings (SSSR count). The molecule has 0 bridgehead atoms. The van der Waals surface area contributed by atoms with E-state index in [4.69, 9.17) is 4.74 Å². The van der Waals surface area contributed by atoms with Crippen LogP contribution in [0.4, 0.5) is 0 Å². The van der Waals surface area contributed by atoms with Crippen molar-refractivity contribution in [2.75, 3.05) is 39.4 Å². The Hall–Kier alpha value is -0.640. The molecule has 0 spiro atoms. The summed E-state index contributed by atoms with van der Waals surface area (Å²) >= 11 is 0. The Morgan fingerprint density at radius 3 is 2.15 bits per heavy atom. The van der Waals surface area contributed by atoms with Crippen LogP contribution in [0, 0.1) is 0 Å². The lowest BCUT2D eigenvalue weighted by molar-refractivity contribution is -1.01. The second-order valence-electron chi connectivity index (χ2n) is 3.15. The number of ether oxygens (including phenoxy) is 1. The van der Waals surface area contributed by atoms with Gasteiger partial charge in [-0.25, -0.2) is 5.01 Å². The van der Waals surface area contributed by atoms with Crippen LogP contribution >= 0.6 is 0 Å². The minimum Gasteiger partial charge on any atom is -0.378 e. The van der Waals surface area contributed by atoms with Crippen molar-refractivity contribution in [1.82, 2.24) is 5.01 Å². The Morgan fingerprint density at radius 1 is 1.15 bits per heavy atom. The first-order valence-corrected chi connectivity index (χ1v) is 4.77. The van der Waals surface area contributed by atoms with Crippen LogP contribution in [0.1, 0.15) is 0 Å². The van der Waals surface area contributed by atoms with E-state index in [2.05, 4.69) is 18.2 Å². The van der Waals surface area contributed by atoms with Gasteiger partial charge in [-0.05, 0) is 12.2 Å². The molecule has 0 amide bonds. The van der Waals surface area contributed by atoms with E-state index in [0.29, 0.717) is 0 Å². The Balaban J connectivity index is 2.40. The fourth-order valence-corrected chi connectivity index (χ4v) is 1.55. The van der Waals surface area contributed by atoms with Gasteiger partial charge in [0.2, 0.25) is 0 Å². The quantitative estimate of drug-likeness (QED) is 0.578. The lowest BCUT2D eigenvalue weighted by Crippen LogP contribution is -3.18. The highest BCUT2D eigenvalue weighted by molar-refractivity contribution is 4.67. The van der Waals surface area contributed by atoms with Crippen molar-refractivity contribution >= 4 is 0 Å². The van der Waals surface area contributed by atoms with Crippen LogP contribution in [0.15, 0.2) is 25.3 Å². The summed E-state index contributed by atoms with van der Waals surface area (Å²) in [5, 5.41) is 3.79. The van der Waals surface area contributed by atoms with E-state index in [9.17, 15) is 0 Å². The molecule has 0 aromatic rings. The fraction of sp³-hybridized carbons (Fsp3) is 0.600. The number of morpholine rings is 1. The Morgan fingerprint density at radius 2 is 1.69 bits per heavy atom. The third-order valence-electron chi connectivity index (χ3n) is 2.22. The van der Waals surface area contributed by atoms with Crippen molar-refractivity contribution in [3.8, 4) is 0 Å². The van der Waals surface area contributed by atoms with E-state index in [1.165, 1.54) is 5.01 Å². The van der Waals surface area contributed by atoms with Gasteiger partial charge < -0.3 is 4.74 Å². The lowest BCUT2D eigenvalue weighted by atomic mass is 10.4. The zero-order valence-electron chi connectivity index (χ0n) is 8.17. The number of rotatable bonds is 5. The molecule has 0 atom stereocenters. The van der Waals surface area contributed by atoms with Gasteiger partial charge in [-0.2, -0.15) is 5.01 Å². The molecule has 0 aromatic heterocycles. The van der Waals surface area contributed by atoms with Gasteiger partial charge in [0, 0.05) is 0 Å². The zero-order valence-corrected chi connectivity index (χ0v) is 8.17. The van der Waals surface area contributed by atoms with Crippen molar-refractivity contribution in [2.45, 2.75) is 0 Å². The molecule has 1 aliphatic heterocycles. The molecule has 0 saturated carbocycles. The predicted molar refractivity (Wildman–Crippen MR) is 53.5 cm³/mol. The highest BCUT2D eigenvalue weighted by atomic mass is 16.5. The highest BCUT2D eigenvalue weighted by Crippen LogP contribution is 1.88. The summed E-state index contributed by atoms with van der Waals surface area (Å²) in [5.41, 5.74) is 0. The highest BCUT2D eigenvalue weighted by Gasteiger charge is 2.19.